The quantitative estimate of drug-likeness (QED) is 0.837. The third-order valence-electron chi connectivity index (χ3n) is 3.93. The van der Waals surface area contributed by atoms with Gasteiger partial charge in [-0.05, 0) is 42.3 Å². The van der Waals surface area contributed by atoms with E-state index in [1.807, 2.05) is 0 Å². The van der Waals surface area contributed by atoms with Crippen molar-refractivity contribution < 1.29 is 23.2 Å². The number of carbonyl (C=O) groups excluding carboxylic acids is 3. The average Bonchev–Trinajstić information content (AvgIpc) is 2.89. The minimum absolute atomic E-state index is 0.163. The SMILES string of the molecule is O=C1CC(Cc2ccc(NC(=O)c3cc(F)ccc3F)cc2)C(=O)N1. The summed E-state index contributed by atoms with van der Waals surface area (Å²) in [6, 6.07) is 9.25. The molecule has 2 N–H and O–H groups in total. The maximum atomic E-state index is 13.6. The zero-order chi connectivity index (χ0) is 18.0. The molecule has 1 fully saturated rings. The van der Waals surface area contributed by atoms with E-state index in [-0.39, 0.29) is 23.8 Å². The molecule has 0 aliphatic carbocycles. The van der Waals surface area contributed by atoms with Crippen LogP contribution in [0.15, 0.2) is 42.5 Å². The van der Waals surface area contributed by atoms with Crippen molar-refractivity contribution in [1.82, 2.24) is 5.32 Å². The van der Waals surface area contributed by atoms with Crippen LogP contribution in [0, 0.1) is 17.6 Å². The van der Waals surface area contributed by atoms with Gasteiger partial charge in [-0.25, -0.2) is 8.78 Å². The van der Waals surface area contributed by atoms with Crippen molar-refractivity contribution in [2.75, 3.05) is 5.32 Å². The predicted octanol–water partition coefficient (Wildman–Crippen LogP) is 2.42. The standard InChI is InChI=1S/C18H14F2N2O3/c19-12-3-6-15(20)14(9-12)18(25)21-13-4-1-10(2-5-13)7-11-8-16(23)22-17(11)24/h1-6,9,11H,7-8H2,(H,21,25)(H,22,23,24). The first-order valence-electron chi connectivity index (χ1n) is 7.61. The summed E-state index contributed by atoms with van der Waals surface area (Å²) in [4.78, 5) is 34.8. The van der Waals surface area contributed by atoms with Gasteiger partial charge in [0.2, 0.25) is 11.8 Å². The number of amides is 3. The number of hydrogen-bond acceptors (Lipinski definition) is 3. The van der Waals surface area contributed by atoms with Crippen molar-refractivity contribution in [1.29, 1.82) is 0 Å². The molecule has 0 aromatic heterocycles. The molecule has 7 heteroatoms. The van der Waals surface area contributed by atoms with E-state index < -0.39 is 23.5 Å². The summed E-state index contributed by atoms with van der Waals surface area (Å²) in [7, 11) is 0. The summed E-state index contributed by atoms with van der Waals surface area (Å²) in [6.45, 7) is 0. The molecule has 0 radical (unpaired) electrons. The summed E-state index contributed by atoms with van der Waals surface area (Å²) >= 11 is 0. The average molecular weight is 344 g/mol. The third kappa shape index (κ3) is 3.88. The first-order chi connectivity index (χ1) is 11.9. The van der Waals surface area contributed by atoms with E-state index in [0.717, 1.165) is 23.8 Å². The Labute approximate surface area is 142 Å². The maximum absolute atomic E-state index is 13.6. The molecule has 2 aromatic rings. The summed E-state index contributed by atoms with van der Waals surface area (Å²) in [6.07, 6.45) is 0.570. The van der Waals surface area contributed by atoms with E-state index >= 15 is 0 Å². The first-order valence-corrected chi connectivity index (χ1v) is 7.61. The Kier molecular flexibility index (Phi) is 4.56. The van der Waals surface area contributed by atoms with Gasteiger partial charge in [0, 0.05) is 12.1 Å². The Morgan fingerprint density at radius 1 is 1.12 bits per heavy atom. The normalized spacial score (nSPS) is 16.6. The lowest BCUT2D eigenvalue weighted by Crippen LogP contribution is -2.22. The van der Waals surface area contributed by atoms with Gasteiger partial charge in [0.05, 0.1) is 11.5 Å². The van der Waals surface area contributed by atoms with Gasteiger partial charge >= 0.3 is 0 Å². The second kappa shape index (κ2) is 6.80. The van der Waals surface area contributed by atoms with Crippen LogP contribution in [0.4, 0.5) is 14.5 Å². The van der Waals surface area contributed by atoms with Gasteiger partial charge in [-0.1, -0.05) is 12.1 Å². The van der Waals surface area contributed by atoms with Gasteiger partial charge in [-0.15, -0.1) is 0 Å². The van der Waals surface area contributed by atoms with Crippen LogP contribution in [-0.2, 0) is 16.0 Å². The predicted molar refractivity (Wildman–Crippen MR) is 85.7 cm³/mol. The molecule has 1 aliphatic heterocycles. The van der Waals surface area contributed by atoms with Crippen LogP contribution in [0.25, 0.3) is 0 Å². The maximum Gasteiger partial charge on any atom is 0.258 e. The van der Waals surface area contributed by atoms with Gasteiger partial charge in [-0.3, -0.25) is 19.7 Å². The number of rotatable bonds is 4. The van der Waals surface area contributed by atoms with Crippen molar-refractivity contribution in [2.45, 2.75) is 12.8 Å². The number of nitrogens with one attached hydrogen (secondary N) is 2. The van der Waals surface area contributed by atoms with Crippen LogP contribution >= 0.6 is 0 Å². The number of halogens is 2. The van der Waals surface area contributed by atoms with Crippen molar-refractivity contribution in [3.63, 3.8) is 0 Å². The molecule has 2 aromatic carbocycles. The third-order valence-corrected chi connectivity index (χ3v) is 3.93. The van der Waals surface area contributed by atoms with E-state index in [9.17, 15) is 23.2 Å². The van der Waals surface area contributed by atoms with Crippen molar-refractivity contribution in [2.24, 2.45) is 5.92 Å². The molecule has 5 nitrogen and oxygen atoms in total. The fourth-order valence-corrected chi connectivity index (χ4v) is 2.65. The van der Waals surface area contributed by atoms with Gasteiger partial charge in [0.15, 0.2) is 0 Å². The van der Waals surface area contributed by atoms with E-state index in [4.69, 9.17) is 0 Å². The van der Waals surface area contributed by atoms with Crippen molar-refractivity contribution in [3.05, 3.63) is 65.2 Å². The van der Waals surface area contributed by atoms with E-state index in [0.29, 0.717) is 12.1 Å². The summed E-state index contributed by atoms with van der Waals surface area (Å²) in [5, 5.41) is 4.74. The van der Waals surface area contributed by atoms with E-state index in [1.165, 1.54) is 0 Å². The Morgan fingerprint density at radius 2 is 1.84 bits per heavy atom. The highest BCUT2D eigenvalue weighted by Crippen LogP contribution is 2.19. The van der Waals surface area contributed by atoms with Gasteiger partial charge < -0.3 is 5.32 Å². The summed E-state index contributed by atoms with van der Waals surface area (Å²) in [5.74, 6) is -3.24. The van der Waals surface area contributed by atoms with Crippen LogP contribution in [0.2, 0.25) is 0 Å². The number of carbonyl (C=O) groups is 3. The molecule has 1 saturated heterocycles. The molecule has 1 heterocycles. The topological polar surface area (TPSA) is 75.3 Å². The van der Waals surface area contributed by atoms with E-state index in [2.05, 4.69) is 10.6 Å². The number of imide groups is 1. The van der Waals surface area contributed by atoms with Crippen LogP contribution < -0.4 is 10.6 Å². The molecule has 1 aliphatic rings. The van der Waals surface area contributed by atoms with Crippen LogP contribution in [0.5, 0.6) is 0 Å². The molecule has 128 valence electrons. The zero-order valence-corrected chi connectivity index (χ0v) is 13.0. The molecule has 3 amide bonds. The second-order valence-electron chi connectivity index (χ2n) is 5.79. The highest BCUT2D eigenvalue weighted by molar-refractivity contribution is 6.04. The molecule has 1 atom stereocenters. The highest BCUT2D eigenvalue weighted by atomic mass is 19.1. The van der Waals surface area contributed by atoms with Crippen molar-refractivity contribution >= 4 is 23.4 Å². The zero-order valence-electron chi connectivity index (χ0n) is 13.0. The number of anilines is 1. The molecule has 25 heavy (non-hydrogen) atoms. The molecule has 3 rings (SSSR count). The first kappa shape index (κ1) is 16.8. The Balaban J connectivity index is 1.66. The van der Waals surface area contributed by atoms with E-state index in [1.54, 1.807) is 24.3 Å². The van der Waals surface area contributed by atoms with Gasteiger partial charge in [0.25, 0.3) is 5.91 Å². The van der Waals surface area contributed by atoms with Crippen LogP contribution in [0.1, 0.15) is 22.3 Å². The molecule has 1 unspecified atom stereocenters. The second-order valence-corrected chi connectivity index (χ2v) is 5.79. The Bertz CT molecular complexity index is 850. The molecule has 0 bridgehead atoms. The lowest BCUT2D eigenvalue weighted by atomic mass is 9.98. The van der Waals surface area contributed by atoms with Crippen LogP contribution in [0.3, 0.4) is 0 Å². The van der Waals surface area contributed by atoms with Crippen LogP contribution in [-0.4, -0.2) is 17.7 Å². The Morgan fingerprint density at radius 3 is 2.48 bits per heavy atom. The highest BCUT2D eigenvalue weighted by Gasteiger charge is 2.30. The number of benzene rings is 2. The van der Waals surface area contributed by atoms with Gasteiger partial charge in [-0.2, -0.15) is 0 Å². The molecular formula is C18H14F2N2O3. The minimum atomic E-state index is -0.813. The molecule has 0 saturated carbocycles. The number of hydrogen-bond donors (Lipinski definition) is 2. The summed E-state index contributed by atoms with van der Waals surface area (Å²) < 4.78 is 26.7. The Hall–Kier alpha value is -3.09. The fourth-order valence-electron chi connectivity index (χ4n) is 2.65. The smallest absolute Gasteiger partial charge is 0.258 e. The van der Waals surface area contributed by atoms with Crippen molar-refractivity contribution in [3.8, 4) is 0 Å². The summed E-state index contributed by atoms with van der Waals surface area (Å²) in [5.41, 5.74) is 0.847. The molecule has 0 spiro atoms. The molecular weight excluding hydrogens is 330 g/mol. The lowest BCUT2D eigenvalue weighted by molar-refractivity contribution is -0.125. The minimum Gasteiger partial charge on any atom is -0.322 e. The lowest BCUT2D eigenvalue weighted by Gasteiger charge is -2.09. The monoisotopic (exact) mass is 344 g/mol. The fraction of sp³-hybridized carbons (Fsp3) is 0.167. The largest absolute Gasteiger partial charge is 0.322 e. The van der Waals surface area contributed by atoms with Gasteiger partial charge in [0.1, 0.15) is 11.6 Å².